The molecule has 0 saturated heterocycles. The minimum absolute atomic E-state index is 0.0435. The van der Waals surface area contributed by atoms with Crippen LogP contribution in [0.5, 0.6) is 0 Å². The number of carbonyl (C=O) groups is 2. The molecule has 4 atom stereocenters. The van der Waals surface area contributed by atoms with Crippen LogP contribution < -0.4 is 10.6 Å². The largest absolute Gasteiger partial charge is 0.476 e. The molecule has 2 bridgehead atoms. The first-order chi connectivity index (χ1) is 28.7. The number of carboxylic acids is 1. The van der Waals surface area contributed by atoms with Crippen LogP contribution in [0.2, 0.25) is 0 Å². The summed E-state index contributed by atoms with van der Waals surface area (Å²) in [5.41, 5.74) is 4.54. The maximum absolute atomic E-state index is 13.6. The zero-order valence-corrected chi connectivity index (χ0v) is 35.8. The summed E-state index contributed by atoms with van der Waals surface area (Å²) in [4.78, 5) is 53.9. The number of hydrogen-bond acceptors (Lipinski definition) is 9. The summed E-state index contributed by atoms with van der Waals surface area (Å²) in [6.45, 7) is 9.05. The Bertz CT molecular complexity index is 2590. The summed E-state index contributed by atoms with van der Waals surface area (Å²) in [6.07, 6.45) is 7.24. The molecular weight excluding hydrogens is 800 g/mol. The number of carbonyl (C=O) groups excluding carboxylic acids is 1. The number of pyridine rings is 1. The van der Waals surface area contributed by atoms with Gasteiger partial charge in [0, 0.05) is 41.0 Å². The Labute approximate surface area is 352 Å². The summed E-state index contributed by atoms with van der Waals surface area (Å²) in [7, 11) is -3.99. The molecular formula is C45H51N6O7PS. The third-order valence-corrected chi connectivity index (χ3v) is 14.0. The number of rotatable bonds is 15. The van der Waals surface area contributed by atoms with Crippen molar-refractivity contribution in [1.82, 2.24) is 25.1 Å². The van der Waals surface area contributed by atoms with Gasteiger partial charge in [-0.05, 0) is 116 Å². The molecule has 4 unspecified atom stereocenters. The third kappa shape index (κ3) is 9.24. The summed E-state index contributed by atoms with van der Waals surface area (Å²) < 4.78 is 20.6. The van der Waals surface area contributed by atoms with E-state index < -0.39 is 13.6 Å². The molecule has 6 aromatic rings. The highest BCUT2D eigenvalue weighted by atomic mass is 32.1. The molecule has 0 aliphatic heterocycles. The highest BCUT2D eigenvalue weighted by Gasteiger charge is 2.51. The quantitative estimate of drug-likeness (QED) is 0.0491. The van der Waals surface area contributed by atoms with E-state index in [0.717, 1.165) is 59.0 Å². The van der Waals surface area contributed by atoms with Gasteiger partial charge in [0.15, 0.2) is 10.8 Å². The monoisotopic (exact) mass is 850 g/mol. The van der Waals surface area contributed by atoms with E-state index in [9.17, 15) is 19.3 Å². The molecule has 1 amide bonds. The van der Waals surface area contributed by atoms with E-state index in [1.54, 1.807) is 18.3 Å². The van der Waals surface area contributed by atoms with Gasteiger partial charge in [0.05, 0.1) is 41.0 Å². The lowest BCUT2D eigenvalue weighted by molar-refractivity contribution is -0.109. The highest BCUT2D eigenvalue weighted by molar-refractivity contribution is 7.51. The second-order valence-corrected chi connectivity index (χ2v) is 20.1. The number of nitrogens with one attached hydrogen (secondary N) is 2. The normalized spacial score (nSPS) is 21.7. The molecule has 0 spiro atoms. The molecule has 2 saturated carbocycles. The zero-order chi connectivity index (χ0) is 42.2. The highest BCUT2D eigenvalue weighted by Crippen LogP contribution is 2.58. The molecule has 3 aromatic carbocycles. The molecule has 314 valence electrons. The van der Waals surface area contributed by atoms with Crippen LogP contribution >= 0.6 is 18.9 Å². The number of aromatic nitrogens is 4. The topological polar surface area (TPSA) is 189 Å². The zero-order valence-electron chi connectivity index (χ0n) is 34.1. The molecule has 2 fully saturated rings. The van der Waals surface area contributed by atoms with Crippen LogP contribution in [0.25, 0.3) is 43.4 Å². The maximum atomic E-state index is 13.6. The number of carboxylic acid groups (broad SMARTS) is 1. The van der Waals surface area contributed by atoms with Gasteiger partial charge in [-0.25, -0.2) is 14.8 Å². The molecule has 2 aliphatic rings. The van der Waals surface area contributed by atoms with Crippen molar-refractivity contribution in [2.75, 3.05) is 31.2 Å². The van der Waals surface area contributed by atoms with Gasteiger partial charge < -0.3 is 24.9 Å². The summed E-state index contributed by atoms with van der Waals surface area (Å²) in [5.74, 6) is -0.884. The number of para-hydroxylation sites is 1. The van der Waals surface area contributed by atoms with E-state index in [1.165, 1.54) is 11.3 Å². The van der Waals surface area contributed by atoms with Crippen LogP contribution in [0, 0.1) is 23.7 Å². The number of fused-ring (bicyclic) bond motifs is 4. The summed E-state index contributed by atoms with van der Waals surface area (Å²) in [5, 5.41) is 23.6. The first-order valence-corrected chi connectivity index (χ1v) is 23.1. The Morgan fingerprint density at radius 1 is 0.983 bits per heavy atom. The minimum atomic E-state index is -3.99. The van der Waals surface area contributed by atoms with Crippen LogP contribution in [-0.2, 0) is 15.8 Å². The molecule has 0 radical (unpaired) electrons. The first-order valence-electron chi connectivity index (χ1n) is 20.5. The molecule has 3 heterocycles. The smallest absolute Gasteiger partial charge is 0.355 e. The molecule has 8 rings (SSSR count). The van der Waals surface area contributed by atoms with Crippen molar-refractivity contribution in [3.8, 4) is 22.4 Å². The average molecular weight is 851 g/mol. The fourth-order valence-corrected chi connectivity index (χ4v) is 11.6. The van der Waals surface area contributed by atoms with Crippen LogP contribution in [0.3, 0.4) is 0 Å². The minimum Gasteiger partial charge on any atom is -0.476 e. The molecule has 2 aliphatic carbocycles. The molecule has 60 heavy (non-hydrogen) atoms. The van der Waals surface area contributed by atoms with Gasteiger partial charge in [-0.15, -0.1) is 0 Å². The number of ether oxygens (including phenoxy) is 1. The fourth-order valence-electron chi connectivity index (χ4n) is 10.2. The van der Waals surface area contributed by atoms with Crippen molar-refractivity contribution < 1.29 is 33.8 Å². The average Bonchev–Trinajstić information content (AvgIpc) is 3.77. The number of benzene rings is 3. The van der Waals surface area contributed by atoms with Crippen molar-refractivity contribution in [1.29, 1.82) is 0 Å². The van der Waals surface area contributed by atoms with Crippen LogP contribution in [-0.4, -0.2) is 78.5 Å². The van der Waals surface area contributed by atoms with E-state index >= 15 is 0 Å². The number of aromatic carboxylic acids is 1. The first kappa shape index (κ1) is 41.9. The van der Waals surface area contributed by atoms with Gasteiger partial charge in [-0.2, -0.15) is 5.10 Å². The van der Waals surface area contributed by atoms with Crippen LogP contribution in [0.1, 0.15) is 78.9 Å². The van der Waals surface area contributed by atoms with Gasteiger partial charge in [0.2, 0.25) is 0 Å². The van der Waals surface area contributed by atoms with Gasteiger partial charge in [0.25, 0.3) is 5.91 Å². The number of amides is 1. The SMILES string of the molecule is Cc1c(-c2ccc(-c3ccc4cccc(C(=O)Nc5nc6ccccc6s5)c4c3)nc2C(=O)O)cnn1CC12CC(C)CC(C)(CC(OCCNCCCP(=O)(O)O)C1)C2. The van der Waals surface area contributed by atoms with Crippen molar-refractivity contribution in [2.45, 2.75) is 71.9 Å². The van der Waals surface area contributed by atoms with E-state index in [2.05, 4.69) is 29.5 Å². The summed E-state index contributed by atoms with van der Waals surface area (Å²) >= 11 is 1.41. The predicted octanol–water partition coefficient (Wildman–Crippen LogP) is 8.78. The number of hydrogen-bond donors (Lipinski definition) is 5. The van der Waals surface area contributed by atoms with Crippen molar-refractivity contribution in [2.24, 2.45) is 16.7 Å². The molecule has 3 aromatic heterocycles. The van der Waals surface area contributed by atoms with Gasteiger partial charge in [0.1, 0.15) is 0 Å². The summed E-state index contributed by atoms with van der Waals surface area (Å²) in [6, 6.07) is 22.6. The second kappa shape index (κ2) is 16.9. The Kier molecular flexibility index (Phi) is 11.8. The van der Waals surface area contributed by atoms with E-state index in [1.807, 2.05) is 72.3 Å². The maximum Gasteiger partial charge on any atom is 0.355 e. The van der Waals surface area contributed by atoms with Gasteiger partial charge >= 0.3 is 13.6 Å². The third-order valence-electron chi connectivity index (χ3n) is 12.2. The lowest BCUT2D eigenvalue weighted by atomic mass is 9.52. The molecule has 5 N–H and O–H groups in total. The predicted molar refractivity (Wildman–Crippen MR) is 235 cm³/mol. The van der Waals surface area contributed by atoms with Crippen LogP contribution in [0.4, 0.5) is 5.13 Å². The van der Waals surface area contributed by atoms with Crippen molar-refractivity contribution in [3.05, 3.63) is 95.9 Å². The standard InChI is InChI=1S/C45H51N6O7PS/c1-28-21-44(3)23-32(58-18-17-46-16-7-19-59(55,56)57)24-45(22-28,26-44)27-51-29(2)36(25-47-51)33-14-15-37(48-40(33)42(53)54)31-13-12-30-8-6-9-34(35(30)20-31)41(52)50-43-49-38-10-4-5-11-39(38)60-43/h4-6,8-15,20,25,28,32,46H,7,16-19,21-24,26-27H2,1-3H3,(H,53,54)(H,49,50,52)(H2,55,56,57). The lowest BCUT2D eigenvalue weighted by Crippen LogP contribution is -2.49. The van der Waals surface area contributed by atoms with E-state index in [-0.39, 0.29) is 34.7 Å². The lowest BCUT2D eigenvalue weighted by Gasteiger charge is -2.55. The fraction of sp³-hybridized carbons (Fsp3) is 0.400. The van der Waals surface area contributed by atoms with Crippen molar-refractivity contribution in [3.63, 3.8) is 0 Å². The molecule has 13 nitrogen and oxygen atoms in total. The van der Waals surface area contributed by atoms with E-state index in [0.29, 0.717) is 71.5 Å². The Morgan fingerprint density at radius 2 is 1.82 bits per heavy atom. The second-order valence-electron chi connectivity index (χ2n) is 17.3. The number of anilines is 1. The molecule has 15 heteroatoms. The Hall–Kier alpha value is -4.82. The van der Waals surface area contributed by atoms with E-state index in [4.69, 9.17) is 24.6 Å². The van der Waals surface area contributed by atoms with Gasteiger partial charge in [-0.1, -0.05) is 61.6 Å². The number of nitrogens with zero attached hydrogens (tertiary/aromatic N) is 4. The van der Waals surface area contributed by atoms with Crippen molar-refractivity contribution >= 4 is 56.9 Å². The Balaban J connectivity index is 1.00. The number of thiazole rings is 1. The van der Waals surface area contributed by atoms with Gasteiger partial charge in [-0.3, -0.25) is 19.4 Å². The Morgan fingerprint density at radius 3 is 2.62 bits per heavy atom. The van der Waals surface area contributed by atoms with Crippen LogP contribution in [0.15, 0.2) is 79.0 Å².